The SMILES string of the molecule is CC(Nc1nc(C(F)(F)F)ccc1C(=O)O)C(C)(C)C. The van der Waals surface area contributed by atoms with Crippen LogP contribution in [-0.2, 0) is 6.18 Å². The Balaban J connectivity index is 3.23. The zero-order chi connectivity index (χ0) is 15.7. The highest BCUT2D eigenvalue weighted by atomic mass is 19.4. The van der Waals surface area contributed by atoms with Gasteiger partial charge in [0.15, 0.2) is 0 Å². The first-order valence-electron chi connectivity index (χ1n) is 6.01. The third-order valence-electron chi connectivity index (χ3n) is 3.07. The number of carboxylic acids is 1. The molecule has 0 amide bonds. The highest BCUT2D eigenvalue weighted by Crippen LogP contribution is 2.30. The number of carboxylic acid groups (broad SMARTS) is 1. The monoisotopic (exact) mass is 290 g/mol. The number of nitrogens with zero attached hydrogens (tertiary/aromatic N) is 1. The van der Waals surface area contributed by atoms with Gasteiger partial charge in [0.25, 0.3) is 0 Å². The molecule has 0 saturated carbocycles. The molecule has 1 atom stereocenters. The maximum Gasteiger partial charge on any atom is 0.433 e. The maximum atomic E-state index is 12.6. The van der Waals surface area contributed by atoms with Crippen LogP contribution in [0.2, 0.25) is 0 Å². The number of hydrogen-bond acceptors (Lipinski definition) is 3. The van der Waals surface area contributed by atoms with Gasteiger partial charge in [-0.15, -0.1) is 0 Å². The predicted octanol–water partition coefficient (Wildman–Crippen LogP) is 3.65. The van der Waals surface area contributed by atoms with Crippen molar-refractivity contribution in [2.45, 2.75) is 39.9 Å². The lowest BCUT2D eigenvalue weighted by Crippen LogP contribution is -2.32. The van der Waals surface area contributed by atoms with E-state index in [9.17, 15) is 18.0 Å². The molecule has 0 aliphatic heterocycles. The molecular formula is C13H17F3N2O2. The van der Waals surface area contributed by atoms with E-state index in [-0.39, 0.29) is 22.8 Å². The summed E-state index contributed by atoms with van der Waals surface area (Å²) in [4.78, 5) is 14.5. The van der Waals surface area contributed by atoms with Gasteiger partial charge < -0.3 is 10.4 Å². The Kier molecular flexibility index (Phi) is 4.31. The second kappa shape index (κ2) is 5.30. The van der Waals surface area contributed by atoms with Crippen LogP contribution in [0.5, 0.6) is 0 Å². The second-order valence-electron chi connectivity index (χ2n) is 5.63. The predicted molar refractivity (Wildman–Crippen MR) is 68.7 cm³/mol. The molecule has 0 bridgehead atoms. The quantitative estimate of drug-likeness (QED) is 0.892. The van der Waals surface area contributed by atoms with Gasteiger partial charge in [-0.2, -0.15) is 13.2 Å². The Bertz CT molecular complexity index is 507. The third-order valence-corrected chi connectivity index (χ3v) is 3.07. The van der Waals surface area contributed by atoms with Gasteiger partial charge >= 0.3 is 12.1 Å². The Morgan fingerprint density at radius 2 is 1.85 bits per heavy atom. The van der Waals surface area contributed by atoms with Crippen molar-refractivity contribution in [3.05, 3.63) is 23.4 Å². The van der Waals surface area contributed by atoms with Crippen LogP contribution in [0.1, 0.15) is 43.7 Å². The van der Waals surface area contributed by atoms with Gasteiger partial charge in [0.05, 0.1) is 0 Å². The Morgan fingerprint density at radius 3 is 2.25 bits per heavy atom. The Labute approximate surface area is 115 Å². The minimum atomic E-state index is -4.61. The zero-order valence-corrected chi connectivity index (χ0v) is 11.7. The first kappa shape index (κ1) is 16.3. The van der Waals surface area contributed by atoms with Crippen molar-refractivity contribution in [1.29, 1.82) is 0 Å². The molecule has 0 aromatic carbocycles. The van der Waals surface area contributed by atoms with Crippen molar-refractivity contribution in [3.8, 4) is 0 Å². The molecule has 0 saturated heterocycles. The molecule has 1 aromatic rings. The van der Waals surface area contributed by atoms with Crippen molar-refractivity contribution in [3.63, 3.8) is 0 Å². The Morgan fingerprint density at radius 1 is 1.30 bits per heavy atom. The van der Waals surface area contributed by atoms with Gasteiger partial charge in [-0.25, -0.2) is 9.78 Å². The van der Waals surface area contributed by atoms with Crippen molar-refractivity contribution in [2.75, 3.05) is 5.32 Å². The van der Waals surface area contributed by atoms with Crippen LogP contribution < -0.4 is 5.32 Å². The minimum absolute atomic E-state index is 0.253. The van der Waals surface area contributed by atoms with Crippen molar-refractivity contribution < 1.29 is 23.1 Å². The van der Waals surface area contributed by atoms with E-state index in [4.69, 9.17) is 5.11 Å². The van der Waals surface area contributed by atoms with Gasteiger partial charge in [-0.1, -0.05) is 20.8 Å². The van der Waals surface area contributed by atoms with Crippen LogP contribution in [0.15, 0.2) is 12.1 Å². The van der Waals surface area contributed by atoms with E-state index in [1.165, 1.54) is 0 Å². The van der Waals surface area contributed by atoms with E-state index in [1.54, 1.807) is 6.92 Å². The summed E-state index contributed by atoms with van der Waals surface area (Å²) in [5.41, 5.74) is -1.66. The molecule has 0 spiro atoms. The first-order valence-corrected chi connectivity index (χ1v) is 6.01. The van der Waals surface area contributed by atoms with Crippen LogP contribution in [0.4, 0.5) is 19.0 Å². The molecular weight excluding hydrogens is 273 g/mol. The van der Waals surface area contributed by atoms with E-state index < -0.39 is 17.8 Å². The molecule has 1 rings (SSSR count). The molecule has 1 unspecified atom stereocenters. The van der Waals surface area contributed by atoms with E-state index in [2.05, 4.69) is 10.3 Å². The van der Waals surface area contributed by atoms with Crippen LogP contribution in [0.25, 0.3) is 0 Å². The van der Waals surface area contributed by atoms with E-state index in [0.29, 0.717) is 6.07 Å². The smallest absolute Gasteiger partial charge is 0.433 e. The Hall–Kier alpha value is -1.79. The van der Waals surface area contributed by atoms with Gasteiger partial charge in [0, 0.05) is 6.04 Å². The van der Waals surface area contributed by atoms with Gasteiger partial charge in [0.2, 0.25) is 0 Å². The van der Waals surface area contributed by atoms with E-state index in [1.807, 2.05) is 20.8 Å². The van der Waals surface area contributed by atoms with Crippen molar-refractivity contribution in [1.82, 2.24) is 4.98 Å². The summed E-state index contributed by atoms with van der Waals surface area (Å²) in [5.74, 6) is -1.59. The molecule has 2 N–H and O–H groups in total. The fourth-order valence-electron chi connectivity index (χ4n) is 1.32. The summed E-state index contributed by atoms with van der Waals surface area (Å²) >= 11 is 0. The lowest BCUT2D eigenvalue weighted by molar-refractivity contribution is -0.141. The average molecular weight is 290 g/mol. The molecule has 1 heterocycles. The number of anilines is 1. The second-order valence-corrected chi connectivity index (χ2v) is 5.63. The molecule has 0 radical (unpaired) electrons. The number of aromatic nitrogens is 1. The number of carbonyl (C=O) groups is 1. The van der Waals surface area contributed by atoms with Gasteiger partial charge in [-0.05, 0) is 24.5 Å². The number of nitrogens with one attached hydrogen (secondary N) is 1. The number of aromatic carboxylic acids is 1. The molecule has 4 nitrogen and oxygen atoms in total. The summed E-state index contributed by atoms with van der Waals surface area (Å²) in [5, 5.41) is 11.8. The number of rotatable bonds is 3. The van der Waals surface area contributed by atoms with Gasteiger partial charge in [0.1, 0.15) is 17.1 Å². The lowest BCUT2D eigenvalue weighted by Gasteiger charge is -2.29. The summed E-state index contributed by atoms with van der Waals surface area (Å²) in [6, 6.07) is 1.32. The molecule has 0 fully saturated rings. The molecule has 0 aliphatic rings. The van der Waals surface area contributed by atoms with E-state index in [0.717, 1.165) is 6.07 Å². The number of alkyl halides is 3. The topological polar surface area (TPSA) is 62.2 Å². The van der Waals surface area contributed by atoms with Crippen LogP contribution >= 0.6 is 0 Å². The summed E-state index contributed by atoms with van der Waals surface area (Å²) in [6.45, 7) is 7.42. The van der Waals surface area contributed by atoms with Crippen LogP contribution in [-0.4, -0.2) is 22.1 Å². The van der Waals surface area contributed by atoms with Crippen molar-refractivity contribution >= 4 is 11.8 Å². The van der Waals surface area contributed by atoms with Crippen LogP contribution in [0, 0.1) is 5.41 Å². The molecule has 20 heavy (non-hydrogen) atoms. The summed E-state index contributed by atoms with van der Waals surface area (Å²) in [7, 11) is 0. The molecule has 1 aromatic heterocycles. The van der Waals surface area contributed by atoms with Crippen LogP contribution in [0.3, 0.4) is 0 Å². The number of pyridine rings is 1. The normalized spacial score (nSPS) is 13.9. The summed E-state index contributed by atoms with van der Waals surface area (Å²) in [6.07, 6.45) is -4.61. The molecule has 7 heteroatoms. The van der Waals surface area contributed by atoms with Crippen molar-refractivity contribution in [2.24, 2.45) is 5.41 Å². The summed E-state index contributed by atoms with van der Waals surface area (Å²) < 4.78 is 37.9. The standard InChI is InChI=1S/C13H17F3N2O2/c1-7(12(2,3)4)17-10-8(11(19)20)5-6-9(18-10)13(14,15)16/h5-7H,1-4H3,(H,17,18)(H,19,20). The fraction of sp³-hybridized carbons (Fsp3) is 0.538. The largest absolute Gasteiger partial charge is 0.478 e. The number of hydrogen-bond donors (Lipinski definition) is 2. The highest BCUT2D eigenvalue weighted by molar-refractivity contribution is 5.93. The highest BCUT2D eigenvalue weighted by Gasteiger charge is 2.34. The number of halogens is 3. The molecule has 112 valence electrons. The average Bonchev–Trinajstić information content (AvgIpc) is 2.25. The zero-order valence-electron chi connectivity index (χ0n) is 11.7. The lowest BCUT2D eigenvalue weighted by atomic mass is 9.88. The maximum absolute atomic E-state index is 12.6. The minimum Gasteiger partial charge on any atom is -0.478 e. The van der Waals surface area contributed by atoms with E-state index >= 15 is 0 Å². The third kappa shape index (κ3) is 3.85. The fourth-order valence-corrected chi connectivity index (χ4v) is 1.32. The first-order chi connectivity index (χ1) is 8.93. The van der Waals surface area contributed by atoms with Gasteiger partial charge in [-0.3, -0.25) is 0 Å². The molecule has 0 aliphatic carbocycles.